The van der Waals surface area contributed by atoms with E-state index in [0.717, 1.165) is 16.5 Å². The fourth-order valence-corrected chi connectivity index (χ4v) is 3.17. The summed E-state index contributed by atoms with van der Waals surface area (Å²) in [6, 6.07) is 5.09. The first-order valence-corrected chi connectivity index (χ1v) is 7.35. The Labute approximate surface area is 106 Å². The molecule has 0 amide bonds. The smallest absolute Gasteiger partial charge is 0.207 e. The van der Waals surface area contributed by atoms with Gasteiger partial charge in [-0.3, -0.25) is 0 Å². The molecule has 0 aliphatic heterocycles. The lowest BCUT2D eigenvalue weighted by molar-refractivity contribution is 0.468. The molecule has 3 nitrogen and oxygen atoms in total. The molecule has 1 aromatic carbocycles. The standard InChI is InChI=1S/C11H16BrNO2S/c1-4-7-13(3)16(14,15)10-6-5-9(2)11(12)8-10/h5-6,8H,4,7H2,1-3H3. The van der Waals surface area contributed by atoms with E-state index in [-0.39, 0.29) is 0 Å². The highest BCUT2D eigenvalue weighted by Gasteiger charge is 2.20. The average molecular weight is 306 g/mol. The summed E-state index contributed by atoms with van der Waals surface area (Å²) in [5.41, 5.74) is 1.03. The molecule has 0 saturated heterocycles. The van der Waals surface area contributed by atoms with Gasteiger partial charge in [0.1, 0.15) is 0 Å². The molecule has 5 heteroatoms. The van der Waals surface area contributed by atoms with E-state index < -0.39 is 10.0 Å². The van der Waals surface area contributed by atoms with Crippen LogP contribution in [0.1, 0.15) is 18.9 Å². The third kappa shape index (κ3) is 2.84. The van der Waals surface area contributed by atoms with Gasteiger partial charge in [0.15, 0.2) is 0 Å². The Morgan fingerprint density at radius 3 is 2.50 bits per heavy atom. The predicted molar refractivity (Wildman–Crippen MR) is 69.0 cm³/mol. The van der Waals surface area contributed by atoms with Crippen LogP contribution in [-0.4, -0.2) is 26.3 Å². The van der Waals surface area contributed by atoms with Crippen molar-refractivity contribution in [3.63, 3.8) is 0 Å². The van der Waals surface area contributed by atoms with Crippen LogP contribution >= 0.6 is 15.9 Å². The lowest BCUT2D eigenvalue weighted by Crippen LogP contribution is -2.27. The van der Waals surface area contributed by atoms with Gasteiger partial charge in [0.25, 0.3) is 0 Å². The molecule has 1 aromatic rings. The van der Waals surface area contributed by atoms with Crippen LogP contribution in [0.3, 0.4) is 0 Å². The molecule has 0 bridgehead atoms. The normalized spacial score (nSPS) is 12.1. The van der Waals surface area contributed by atoms with Gasteiger partial charge >= 0.3 is 0 Å². The van der Waals surface area contributed by atoms with E-state index in [1.54, 1.807) is 25.2 Å². The van der Waals surface area contributed by atoms with Gasteiger partial charge in [0.2, 0.25) is 10.0 Å². The van der Waals surface area contributed by atoms with Gasteiger partial charge in [-0.15, -0.1) is 0 Å². The first-order valence-electron chi connectivity index (χ1n) is 5.12. The number of halogens is 1. The van der Waals surface area contributed by atoms with Gasteiger partial charge in [0, 0.05) is 18.1 Å². The lowest BCUT2D eigenvalue weighted by Gasteiger charge is -2.16. The van der Waals surface area contributed by atoms with Crippen molar-refractivity contribution in [3.05, 3.63) is 28.2 Å². The zero-order valence-electron chi connectivity index (χ0n) is 9.70. The Bertz CT molecular complexity index is 471. The van der Waals surface area contributed by atoms with Crippen molar-refractivity contribution in [1.29, 1.82) is 0 Å². The SMILES string of the molecule is CCCN(C)S(=O)(=O)c1ccc(C)c(Br)c1. The second-order valence-corrected chi connectivity index (χ2v) is 6.64. The highest BCUT2D eigenvalue weighted by atomic mass is 79.9. The first kappa shape index (κ1) is 13.7. The summed E-state index contributed by atoms with van der Waals surface area (Å²) >= 11 is 3.34. The predicted octanol–water partition coefficient (Wildman–Crippen LogP) is 2.79. The van der Waals surface area contributed by atoms with E-state index in [1.165, 1.54) is 4.31 Å². The fraction of sp³-hybridized carbons (Fsp3) is 0.455. The highest BCUT2D eigenvalue weighted by Crippen LogP contribution is 2.22. The molecule has 0 saturated carbocycles. The summed E-state index contributed by atoms with van der Waals surface area (Å²) in [5.74, 6) is 0. The first-order chi connectivity index (χ1) is 7.39. The summed E-state index contributed by atoms with van der Waals surface area (Å²) < 4.78 is 26.4. The molecule has 90 valence electrons. The minimum absolute atomic E-state index is 0.334. The van der Waals surface area contributed by atoms with Crippen LogP contribution in [0.4, 0.5) is 0 Å². The van der Waals surface area contributed by atoms with Crippen LogP contribution in [0.2, 0.25) is 0 Å². The number of sulfonamides is 1. The molecule has 0 heterocycles. The largest absolute Gasteiger partial charge is 0.242 e. The summed E-state index contributed by atoms with van der Waals surface area (Å²) in [7, 11) is -1.73. The maximum atomic E-state index is 12.1. The molecule has 0 aromatic heterocycles. The average Bonchev–Trinajstić information content (AvgIpc) is 2.22. The summed E-state index contributed by atoms with van der Waals surface area (Å²) in [6.45, 7) is 4.42. The second-order valence-electron chi connectivity index (χ2n) is 3.74. The number of hydrogen-bond donors (Lipinski definition) is 0. The number of hydrogen-bond acceptors (Lipinski definition) is 2. The summed E-state index contributed by atoms with van der Waals surface area (Å²) in [4.78, 5) is 0.334. The fourth-order valence-electron chi connectivity index (χ4n) is 1.35. The van der Waals surface area contributed by atoms with Gasteiger partial charge in [-0.05, 0) is 31.0 Å². The van der Waals surface area contributed by atoms with Crippen LogP contribution < -0.4 is 0 Å². The molecule has 0 fully saturated rings. The Hall–Kier alpha value is -0.390. The molecule has 0 atom stereocenters. The molecular weight excluding hydrogens is 290 g/mol. The van der Waals surface area contributed by atoms with E-state index >= 15 is 0 Å². The van der Waals surface area contributed by atoms with Gasteiger partial charge in [-0.25, -0.2) is 12.7 Å². The Kier molecular flexibility index (Phi) is 4.52. The van der Waals surface area contributed by atoms with Gasteiger partial charge in [-0.1, -0.05) is 28.9 Å². The van der Waals surface area contributed by atoms with Crippen LogP contribution in [0.5, 0.6) is 0 Å². The van der Waals surface area contributed by atoms with Crippen molar-refractivity contribution in [2.45, 2.75) is 25.2 Å². The highest BCUT2D eigenvalue weighted by molar-refractivity contribution is 9.10. The Morgan fingerprint density at radius 1 is 1.38 bits per heavy atom. The molecule has 1 rings (SSSR count). The van der Waals surface area contributed by atoms with Crippen molar-refractivity contribution in [2.75, 3.05) is 13.6 Å². The molecule has 0 spiro atoms. The third-order valence-electron chi connectivity index (χ3n) is 2.39. The zero-order valence-corrected chi connectivity index (χ0v) is 12.1. The van der Waals surface area contributed by atoms with E-state index in [2.05, 4.69) is 15.9 Å². The minimum atomic E-state index is -3.34. The van der Waals surface area contributed by atoms with Crippen molar-refractivity contribution in [1.82, 2.24) is 4.31 Å². The van der Waals surface area contributed by atoms with E-state index in [1.807, 2.05) is 13.8 Å². The minimum Gasteiger partial charge on any atom is -0.207 e. The lowest BCUT2D eigenvalue weighted by atomic mass is 10.2. The van der Waals surface area contributed by atoms with Gasteiger partial charge < -0.3 is 0 Å². The van der Waals surface area contributed by atoms with Crippen LogP contribution in [0.15, 0.2) is 27.6 Å². The maximum Gasteiger partial charge on any atom is 0.242 e. The number of benzene rings is 1. The molecule has 0 N–H and O–H groups in total. The van der Waals surface area contributed by atoms with Gasteiger partial charge in [0.05, 0.1) is 4.90 Å². The van der Waals surface area contributed by atoms with Crippen LogP contribution in [0.25, 0.3) is 0 Å². The quantitative estimate of drug-likeness (QED) is 0.858. The van der Waals surface area contributed by atoms with Crippen molar-refractivity contribution >= 4 is 26.0 Å². The monoisotopic (exact) mass is 305 g/mol. The third-order valence-corrected chi connectivity index (χ3v) is 5.10. The zero-order chi connectivity index (χ0) is 12.3. The van der Waals surface area contributed by atoms with Crippen LogP contribution in [0, 0.1) is 6.92 Å². The maximum absolute atomic E-state index is 12.1. The Balaban J connectivity index is 3.12. The van der Waals surface area contributed by atoms with E-state index in [9.17, 15) is 8.42 Å². The number of rotatable bonds is 4. The van der Waals surface area contributed by atoms with Crippen molar-refractivity contribution < 1.29 is 8.42 Å². The Morgan fingerprint density at radius 2 is 2.00 bits per heavy atom. The van der Waals surface area contributed by atoms with Gasteiger partial charge in [-0.2, -0.15) is 0 Å². The summed E-state index contributed by atoms with van der Waals surface area (Å²) in [5, 5.41) is 0. The molecule has 16 heavy (non-hydrogen) atoms. The number of nitrogens with zero attached hydrogens (tertiary/aromatic N) is 1. The molecule has 0 unspecified atom stereocenters. The second kappa shape index (κ2) is 5.29. The molecule has 0 aliphatic carbocycles. The van der Waals surface area contributed by atoms with E-state index in [0.29, 0.717) is 11.4 Å². The molecule has 0 radical (unpaired) electrons. The molecular formula is C11H16BrNO2S. The van der Waals surface area contributed by atoms with E-state index in [4.69, 9.17) is 0 Å². The molecule has 0 aliphatic rings. The van der Waals surface area contributed by atoms with Crippen molar-refractivity contribution in [3.8, 4) is 0 Å². The number of aryl methyl sites for hydroxylation is 1. The summed E-state index contributed by atoms with van der Waals surface area (Å²) in [6.07, 6.45) is 0.808. The van der Waals surface area contributed by atoms with Crippen LogP contribution in [-0.2, 0) is 10.0 Å². The van der Waals surface area contributed by atoms with Crippen molar-refractivity contribution in [2.24, 2.45) is 0 Å². The topological polar surface area (TPSA) is 37.4 Å².